The molecular formula is C16H18N2O3S. The van der Waals surface area contributed by atoms with E-state index in [1.54, 1.807) is 6.92 Å². The number of carbonyl (C=O) groups excluding carboxylic acids is 1. The van der Waals surface area contributed by atoms with E-state index < -0.39 is 11.9 Å². The summed E-state index contributed by atoms with van der Waals surface area (Å²) in [6.07, 6.45) is 0.532. The number of rotatable bonds is 5. The Labute approximate surface area is 133 Å². The van der Waals surface area contributed by atoms with Crippen LogP contribution in [0, 0.1) is 6.92 Å². The first-order chi connectivity index (χ1) is 10.4. The number of carbonyl (C=O) groups is 2. The van der Waals surface area contributed by atoms with Gasteiger partial charge in [-0.2, -0.15) is 0 Å². The second-order valence-electron chi connectivity index (χ2n) is 5.06. The molecule has 0 fully saturated rings. The third kappa shape index (κ3) is 3.51. The number of thiazole rings is 1. The van der Waals surface area contributed by atoms with Crippen molar-refractivity contribution < 1.29 is 14.7 Å². The van der Waals surface area contributed by atoms with Gasteiger partial charge in [0, 0.05) is 5.69 Å². The number of nitrogens with zero attached hydrogens (tertiary/aromatic N) is 1. The highest BCUT2D eigenvalue weighted by atomic mass is 32.1. The molecule has 1 atom stereocenters. The molecule has 0 radical (unpaired) electrons. The van der Waals surface area contributed by atoms with Gasteiger partial charge in [0.15, 0.2) is 0 Å². The highest BCUT2D eigenvalue weighted by molar-refractivity contribution is 7.13. The number of anilines is 1. The van der Waals surface area contributed by atoms with E-state index in [1.807, 2.05) is 38.1 Å². The molecule has 0 aliphatic rings. The van der Waals surface area contributed by atoms with Crippen LogP contribution in [0.5, 0.6) is 0 Å². The van der Waals surface area contributed by atoms with Gasteiger partial charge in [0.2, 0.25) is 5.91 Å². The molecular weight excluding hydrogens is 300 g/mol. The van der Waals surface area contributed by atoms with Crippen LogP contribution in [0.15, 0.2) is 24.3 Å². The third-order valence-electron chi connectivity index (χ3n) is 3.33. The van der Waals surface area contributed by atoms with Crippen molar-refractivity contribution >= 4 is 28.9 Å². The van der Waals surface area contributed by atoms with Crippen molar-refractivity contribution in [1.82, 2.24) is 4.98 Å². The molecule has 6 heteroatoms. The molecule has 2 rings (SSSR count). The summed E-state index contributed by atoms with van der Waals surface area (Å²) in [5.74, 6) is -1.69. The van der Waals surface area contributed by atoms with E-state index in [9.17, 15) is 9.59 Å². The van der Waals surface area contributed by atoms with Gasteiger partial charge in [-0.15, -0.1) is 11.3 Å². The highest BCUT2D eigenvalue weighted by Gasteiger charge is 2.23. The fourth-order valence-electron chi connectivity index (χ4n) is 1.96. The molecule has 1 aromatic carbocycles. The number of carboxylic acid groups (broad SMARTS) is 1. The molecule has 116 valence electrons. The second kappa shape index (κ2) is 6.70. The molecule has 22 heavy (non-hydrogen) atoms. The lowest BCUT2D eigenvalue weighted by Crippen LogP contribution is -2.18. The Kier molecular flexibility index (Phi) is 4.92. The molecule has 0 spiro atoms. The first kappa shape index (κ1) is 16.2. The van der Waals surface area contributed by atoms with E-state index in [-0.39, 0.29) is 10.8 Å². The maximum absolute atomic E-state index is 12.3. The highest BCUT2D eigenvalue weighted by Crippen LogP contribution is 2.26. The molecule has 0 aliphatic carbocycles. The number of benzene rings is 1. The minimum atomic E-state index is -0.994. The van der Waals surface area contributed by atoms with E-state index in [0.717, 1.165) is 16.9 Å². The van der Waals surface area contributed by atoms with E-state index in [0.29, 0.717) is 22.8 Å². The maximum atomic E-state index is 12.3. The molecule has 1 heterocycles. The Morgan fingerprint density at radius 2 is 1.95 bits per heavy atom. The Morgan fingerprint density at radius 3 is 2.45 bits per heavy atom. The van der Waals surface area contributed by atoms with Gasteiger partial charge in [0.25, 0.3) is 0 Å². The quantitative estimate of drug-likeness (QED) is 0.885. The van der Waals surface area contributed by atoms with Gasteiger partial charge in [-0.3, -0.25) is 4.79 Å². The summed E-state index contributed by atoms with van der Waals surface area (Å²) in [4.78, 5) is 28.0. The van der Waals surface area contributed by atoms with E-state index >= 15 is 0 Å². The monoisotopic (exact) mass is 318 g/mol. The number of carboxylic acids is 1. The van der Waals surface area contributed by atoms with E-state index in [2.05, 4.69) is 10.3 Å². The SMILES string of the molecule is CCc1nc(C(C)C(=O)Nc2ccc(C)cc2)sc1C(=O)O. The summed E-state index contributed by atoms with van der Waals surface area (Å²) in [7, 11) is 0. The molecule has 1 aromatic heterocycles. The standard InChI is InChI=1S/C16H18N2O3S/c1-4-12-13(16(20)21)22-15(18-12)10(3)14(19)17-11-7-5-9(2)6-8-11/h5-8,10H,4H2,1-3H3,(H,17,19)(H,20,21). The lowest BCUT2D eigenvalue weighted by molar-refractivity contribution is -0.117. The number of aromatic carboxylic acids is 1. The lowest BCUT2D eigenvalue weighted by Gasteiger charge is -2.10. The molecule has 1 unspecified atom stereocenters. The van der Waals surface area contributed by atoms with Crippen molar-refractivity contribution in [3.8, 4) is 0 Å². The normalized spacial score (nSPS) is 12.0. The summed E-state index contributed by atoms with van der Waals surface area (Å²) in [5.41, 5.74) is 2.36. The smallest absolute Gasteiger partial charge is 0.347 e. The van der Waals surface area contributed by atoms with Crippen molar-refractivity contribution in [3.63, 3.8) is 0 Å². The summed E-state index contributed by atoms with van der Waals surface area (Å²) >= 11 is 1.07. The Bertz CT molecular complexity index is 692. The molecule has 1 amide bonds. The largest absolute Gasteiger partial charge is 0.477 e. The molecule has 2 aromatic rings. The number of aromatic nitrogens is 1. The molecule has 0 saturated carbocycles. The third-order valence-corrected chi connectivity index (χ3v) is 4.59. The Hall–Kier alpha value is -2.21. The average Bonchev–Trinajstić information content (AvgIpc) is 2.93. The number of hydrogen-bond acceptors (Lipinski definition) is 4. The van der Waals surface area contributed by atoms with Crippen LogP contribution >= 0.6 is 11.3 Å². The Balaban J connectivity index is 2.16. The fourth-order valence-corrected chi connectivity index (χ4v) is 3.01. The lowest BCUT2D eigenvalue weighted by atomic mass is 10.1. The summed E-state index contributed by atoms with van der Waals surface area (Å²) < 4.78 is 0. The predicted octanol–water partition coefficient (Wildman–Crippen LogP) is 3.45. The van der Waals surface area contributed by atoms with Crippen molar-refractivity contribution in [3.05, 3.63) is 45.4 Å². The zero-order valence-electron chi connectivity index (χ0n) is 12.7. The summed E-state index contributed by atoms with van der Waals surface area (Å²) in [5, 5.41) is 12.5. The average molecular weight is 318 g/mol. The van der Waals surface area contributed by atoms with Crippen LogP contribution in [0.2, 0.25) is 0 Å². The van der Waals surface area contributed by atoms with Crippen LogP contribution in [0.25, 0.3) is 0 Å². The fraction of sp³-hybridized carbons (Fsp3) is 0.312. The van der Waals surface area contributed by atoms with Gasteiger partial charge in [-0.25, -0.2) is 9.78 Å². The zero-order chi connectivity index (χ0) is 16.3. The summed E-state index contributed by atoms with van der Waals surface area (Å²) in [6, 6.07) is 7.51. The van der Waals surface area contributed by atoms with Crippen LogP contribution < -0.4 is 5.32 Å². The van der Waals surface area contributed by atoms with Crippen molar-refractivity contribution in [1.29, 1.82) is 0 Å². The predicted molar refractivity (Wildman–Crippen MR) is 86.7 cm³/mol. The molecule has 0 bridgehead atoms. The van der Waals surface area contributed by atoms with Gasteiger partial charge in [0.1, 0.15) is 9.88 Å². The topological polar surface area (TPSA) is 79.3 Å². The number of nitrogens with one attached hydrogen (secondary N) is 1. The van der Waals surface area contributed by atoms with Crippen molar-refractivity contribution in [2.24, 2.45) is 0 Å². The van der Waals surface area contributed by atoms with Crippen LogP contribution in [0.3, 0.4) is 0 Å². The van der Waals surface area contributed by atoms with Gasteiger partial charge in [-0.1, -0.05) is 24.6 Å². The second-order valence-corrected chi connectivity index (χ2v) is 6.09. The summed E-state index contributed by atoms with van der Waals surface area (Å²) in [6.45, 7) is 5.55. The first-order valence-electron chi connectivity index (χ1n) is 7.02. The van der Waals surface area contributed by atoms with E-state index in [1.165, 1.54) is 0 Å². The van der Waals surface area contributed by atoms with Crippen LogP contribution in [-0.4, -0.2) is 22.0 Å². The van der Waals surface area contributed by atoms with Gasteiger partial charge in [0.05, 0.1) is 11.6 Å². The number of hydrogen-bond donors (Lipinski definition) is 2. The molecule has 0 saturated heterocycles. The minimum absolute atomic E-state index is 0.197. The minimum Gasteiger partial charge on any atom is -0.477 e. The number of aryl methyl sites for hydroxylation is 2. The molecule has 2 N–H and O–H groups in total. The van der Waals surface area contributed by atoms with Gasteiger partial charge >= 0.3 is 5.97 Å². The van der Waals surface area contributed by atoms with Crippen LogP contribution in [-0.2, 0) is 11.2 Å². The van der Waals surface area contributed by atoms with E-state index in [4.69, 9.17) is 5.11 Å². The Morgan fingerprint density at radius 1 is 1.32 bits per heavy atom. The zero-order valence-corrected chi connectivity index (χ0v) is 13.5. The van der Waals surface area contributed by atoms with Crippen LogP contribution in [0.1, 0.15) is 45.7 Å². The van der Waals surface area contributed by atoms with Gasteiger partial charge < -0.3 is 10.4 Å². The number of amides is 1. The first-order valence-corrected chi connectivity index (χ1v) is 7.84. The van der Waals surface area contributed by atoms with Crippen molar-refractivity contribution in [2.45, 2.75) is 33.1 Å². The maximum Gasteiger partial charge on any atom is 0.347 e. The van der Waals surface area contributed by atoms with Crippen LogP contribution in [0.4, 0.5) is 5.69 Å². The van der Waals surface area contributed by atoms with Crippen molar-refractivity contribution in [2.75, 3.05) is 5.32 Å². The van der Waals surface area contributed by atoms with Gasteiger partial charge in [-0.05, 0) is 32.4 Å². The molecule has 5 nitrogen and oxygen atoms in total. The molecule has 0 aliphatic heterocycles.